The molecular weight excluding hydrogens is 378 g/mol. The van der Waals surface area contributed by atoms with Crippen LogP contribution in [0.5, 0.6) is 5.75 Å². The number of methoxy groups -OCH3 is 1. The third kappa shape index (κ3) is 3.32. The third-order valence-electron chi connectivity index (χ3n) is 5.79. The third-order valence-corrected chi connectivity index (χ3v) is 5.79. The minimum Gasteiger partial charge on any atom is -0.497 e. The van der Waals surface area contributed by atoms with Crippen LogP contribution >= 0.6 is 0 Å². The van der Waals surface area contributed by atoms with Crippen LogP contribution in [0.4, 0.5) is 11.4 Å². The Balaban J connectivity index is 1.39. The van der Waals surface area contributed by atoms with Crippen molar-refractivity contribution in [1.82, 2.24) is 15.2 Å². The van der Waals surface area contributed by atoms with E-state index in [0.29, 0.717) is 6.54 Å². The Bertz CT molecular complexity index is 1220. The molecule has 2 aromatic carbocycles. The second kappa shape index (κ2) is 7.67. The molecule has 1 atom stereocenters. The molecule has 7 heteroatoms. The fraction of sp³-hybridized carbons (Fsp3) is 0.261. The van der Waals surface area contributed by atoms with Gasteiger partial charge in [-0.3, -0.25) is 14.9 Å². The van der Waals surface area contributed by atoms with Gasteiger partial charge in [0, 0.05) is 35.7 Å². The molecule has 1 saturated heterocycles. The van der Waals surface area contributed by atoms with E-state index in [9.17, 15) is 4.79 Å². The van der Waals surface area contributed by atoms with Crippen LogP contribution < -0.4 is 15.0 Å². The first kappa shape index (κ1) is 18.4. The molecule has 0 aliphatic carbocycles. The van der Waals surface area contributed by atoms with Gasteiger partial charge in [-0.1, -0.05) is 12.1 Å². The molecule has 0 radical (unpaired) electrons. The monoisotopic (exact) mass is 401 g/mol. The van der Waals surface area contributed by atoms with E-state index in [2.05, 4.69) is 25.4 Å². The number of piperidine rings is 1. The van der Waals surface area contributed by atoms with Gasteiger partial charge in [0.1, 0.15) is 5.75 Å². The molecule has 1 amide bonds. The van der Waals surface area contributed by atoms with E-state index < -0.39 is 0 Å². The summed E-state index contributed by atoms with van der Waals surface area (Å²) in [5, 5.41) is 12.2. The highest BCUT2D eigenvalue weighted by molar-refractivity contribution is 6.01. The van der Waals surface area contributed by atoms with Crippen molar-refractivity contribution in [1.29, 1.82) is 0 Å². The Labute approximate surface area is 174 Å². The summed E-state index contributed by atoms with van der Waals surface area (Å²) in [6.07, 6.45) is 5.41. The molecule has 5 rings (SSSR count). The van der Waals surface area contributed by atoms with Gasteiger partial charge in [0.05, 0.1) is 35.9 Å². The number of benzene rings is 2. The van der Waals surface area contributed by atoms with Crippen molar-refractivity contribution in [3.8, 4) is 5.75 Å². The van der Waals surface area contributed by atoms with Gasteiger partial charge in [0.15, 0.2) is 0 Å². The number of carbonyl (C=O) groups is 1. The molecule has 7 nitrogen and oxygen atoms in total. The molecule has 1 aliphatic heterocycles. The molecule has 0 saturated carbocycles. The number of fused-ring (bicyclic) bond motifs is 2. The van der Waals surface area contributed by atoms with Crippen molar-refractivity contribution in [2.24, 2.45) is 5.92 Å². The average Bonchev–Trinajstić information content (AvgIpc) is 3.28. The zero-order valence-electron chi connectivity index (χ0n) is 16.8. The quantitative estimate of drug-likeness (QED) is 0.541. The molecule has 152 valence electrons. The highest BCUT2D eigenvalue weighted by atomic mass is 16.5. The smallest absolute Gasteiger partial charge is 0.229 e. The summed E-state index contributed by atoms with van der Waals surface area (Å²) in [7, 11) is 1.67. The van der Waals surface area contributed by atoms with Gasteiger partial charge in [0.2, 0.25) is 5.91 Å². The summed E-state index contributed by atoms with van der Waals surface area (Å²) >= 11 is 0. The first-order valence-electron chi connectivity index (χ1n) is 10.1. The second-order valence-electron chi connectivity index (χ2n) is 7.63. The zero-order valence-corrected chi connectivity index (χ0v) is 16.8. The van der Waals surface area contributed by atoms with E-state index in [1.165, 1.54) is 0 Å². The summed E-state index contributed by atoms with van der Waals surface area (Å²) in [4.78, 5) is 19.8. The first-order chi connectivity index (χ1) is 14.7. The van der Waals surface area contributed by atoms with Crippen LogP contribution in [0.25, 0.3) is 21.8 Å². The van der Waals surface area contributed by atoms with E-state index in [1.807, 2.05) is 48.7 Å². The van der Waals surface area contributed by atoms with Gasteiger partial charge >= 0.3 is 0 Å². The normalized spacial score (nSPS) is 16.7. The molecule has 1 aliphatic rings. The number of amides is 1. The molecule has 0 spiro atoms. The van der Waals surface area contributed by atoms with Crippen LogP contribution in [0, 0.1) is 5.92 Å². The molecule has 2 N–H and O–H groups in total. The number of aromatic amines is 1. The number of nitrogens with one attached hydrogen (secondary N) is 2. The van der Waals surface area contributed by atoms with Crippen molar-refractivity contribution >= 4 is 39.1 Å². The molecule has 1 unspecified atom stereocenters. The molecule has 3 heterocycles. The van der Waals surface area contributed by atoms with Crippen LogP contribution in [0.15, 0.2) is 54.9 Å². The number of para-hydroxylation sites is 1. The number of anilines is 2. The first-order valence-corrected chi connectivity index (χ1v) is 10.1. The fourth-order valence-electron chi connectivity index (χ4n) is 4.23. The summed E-state index contributed by atoms with van der Waals surface area (Å²) in [5.74, 6) is 0.749. The molecule has 2 aromatic heterocycles. The standard InChI is InChI=1S/C23H23N5O2/c1-30-17-7-8-19-18(12-17)21(9-10-24-19)28-11-3-5-16(14-28)23(29)26-20-6-2-4-15-13-25-27-22(15)20/h2,4,6-10,12-13,16H,3,5,11,14H2,1H3,(H,25,27)(H,26,29). The van der Waals surface area contributed by atoms with Crippen LogP contribution in [-0.4, -0.2) is 41.3 Å². The number of rotatable bonds is 4. The number of hydrogen-bond donors (Lipinski definition) is 2. The molecular formula is C23H23N5O2. The predicted octanol–water partition coefficient (Wildman–Crippen LogP) is 3.97. The van der Waals surface area contributed by atoms with Crippen molar-refractivity contribution in [3.63, 3.8) is 0 Å². The Morgan fingerprint density at radius 2 is 2.20 bits per heavy atom. The Hall–Kier alpha value is -3.61. The van der Waals surface area contributed by atoms with E-state index in [0.717, 1.165) is 58.3 Å². The molecule has 4 aromatic rings. The largest absolute Gasteiger partial charge is 0.497 e. The maximum Gasteiger partial charge on any atom is 0.229 e. The zero-order chi connectivity index (χ0) is 20.5. The van der Waals surface area contributed by atoms with Crippen molar-refractivity contribution < 1.29 is 9.53 Å². The maximum absolute atomic E-state index is 13.1. The van der Waals surface area contributed by atoms with Gasteiger partial charge < -0.3 is 15.0 Å². The summed E-state index contributed by atoms with van der Waals surface area (Å²) in [6.45, 7) is 1.58. The highest BCUT2D eigenvalue weighted by Crippen LogP contribution is 2.32. The number of carbonyl (C=O) groups excluding carboxylic acids is 1. The van der Waals surface area contributed by atoms with Crippen molar-refractivity contribution in [3.05, 3.63) is 54.9 Å². The maximum atomic E-state index is 13.1. The van der Waals surface area contributed by atoms with Gasteiger partial charge in [-0.15, -0.1) is 0 Å². The molecule has 30 heavy (non-hydrogen) atoms. The minimum atomic E-state index is -0.0919. The lowest BCUT2D eigenvalue weighted by molar-refractivity contribution is -0.120. The van der Waals surface area contributed by atoms with E-state index in [1.54, 1.807) is 13.3 Å². The average molecular weight is 401 g/mol. The van der Waals surface area contributed by atoms with Crippen molar-refractivity contribution in [2.75, 3.05) is 30.4 Å². The Morgan fingerprint density at radius 1 is 1.27 bits per heavy atom. The number of nitrogens with zero attached hydrogens (tertiary/aromatic N) is 3. The van der Waals surface area contributed by atoms with E-state index in [-0.39, 0.29) is 11.8 Å². The van der Waals surface area contributed by atoms with Gasteiger partial charge in [0.25, 0.3) is 0 Å². The molecule has 1 fully saturated rings. The highest BCUT2D eigenvalue weighted by Gasteiger charge is 2.27. The number of aromatic nitrogens is 3. The topological polar surface area (TPSA) is 83.1 Å². The number of pyridine rings is 1. The molecule has 0 bridgehead atoms. The Morgan fingerprint density at radius 3 is 3.10 bits per heavy atom. The van der Waals surface area contributed by atoms with Crippen LogP contribution in [0.3, 0.4) is 0 Å². The van der Waals surface area contributed by atoms with E-state index >= 15 is 0 Å². The summed E-state index contributed by atoms with van der Waals surface area (Å²) in [6, 6.07) is 13.7. The summed E-state index contributed by atoms with van der Waals surface area (Å²) in [5.41, 5.74) is 3.63. The SMILES string of the molecule is COc1ccc2nccc(N3CCCC(C(=O)Nc4cccc5cn[nH]c45)C3)c2c1. The Kier molecular flexibility index (Phi) is 4.71. The lowest BCUT2D eigenvalue weighted by Crippen LogP contribution is -2.40. The fourth-order valence-corrected chi connectivity index (χ4v) is 4.23. The minimum absolute atomic E-state index is 0.0396. The summed E-state index contributed by atoms with van der Waals surface area (Å²) < 4.78 is 5.40. The van der Waals surface area contributed by atoms with Crippen LogP contribution in [0.2, 0.25) is 0 Å². The van der Waals surface area contributed by atoms with Crippen molar-refractivity contribution in [2.45, 2.75) is 12.8 Å². The lowest BCUT2D eigenvalue weighted by Gasteiger charge is -2.34. The number of ether oxygens (including phenoxy) is 1. The lowest BCUT2D eigenvalue weighted by atomic mass is 9.96. The van der Waals surface area contributed by atoms with Crippen LogP contribution in [-0.2, 0) is 4.79 Å². The van der Waals surface area contributed by atoms with Gasteiger partial charge in [-0.2, -0.15) is 5.10 Å². The van der Waals surface area contributed by atoms with Gasteiger partial charge in [-0.25, -0.2) is 0 Å². The van der Waals surface area contributed by atoms with Crippen LogP contribution in [0.1, 0.15) is 12.8 Å². The predicted molar refractivity (Wildman–Crippen MR) is 118 cm³/mol. The number of hydrogen-bond acceptors (Lipinski definition) is 5. The number of H-pyrrole nitrogens is 1. The second-order valence-corrected chi connectivity index (χ2v) is 7.63. The van der Waals surface area contributed by atoms with Gasteiger partial charge in [-0.05, 0) is 43.2 Å². The van der Waals surface area contributed by atoms with E-state index in [4.69, 9.17) is 4.74 Å².